The van der Waals surface area contributed by atoms with Crippen molar-refractivity contribution in [3.63, 3.8) is 0 Å². The molecule has 4 atom stereocenters. The van der Waals surface area contributed by atoms with Gasteiger partial charge in [0.1, 0.15) is 40.5 Å². The zero-order valence-corrected chi connectivity index (χ0v) is 30.8. The molecule has 272 valence electrons. The molecule has 0 saturated carbocycles. The third-order valence-corrected chi connectivity index (χ3v) is 11.9. The van der Waals surface area contributed by atoms with Crippen LogP contribution in [0.4, 0.5) is 11.4 Å². The Balaban J connectivity index is 0.911. The number of furan rings is 2. The molecule has 0 radical (unpaired) electrons. The Hall–Kier alpha value is -7.15. The van der Waals surface area contributed by atoms with Crippen molar-refractivity contribution in [2.75, 3.05) is 4.90 Å². The molecule has 4 unspecified atom stereocenters. The molecule has 7 aromatic carbocycles. The number of nitrogens with one attached hydrogen (secondary N) is 2. The average Bonchev–Trinajstić information content (AvgIpc) is 3.95. The van der Waals surface area contributed by atoms with Gasteiger partial charge in [0.05, 0.1) is 6.04 Å². The number of benzene rings is 7. The first-order valence-corrected chi connectivity index (χ1v) is 19.6. The zero-order chi connectivity index (χ0) is 37.5. The number of para-hydroxylation sites is 2. The number of rotatable bonds is 5. The Labute approximate surface area is 329 Å². The van der Waals surface area contributed by atoms with Gasteiger partial charge in [-0.05, 0) is 64.7 Å². The molecular weight excluding hydrogens is 701 g/mol. The first-order valence-electron chi connectivity index (χ1n) is 19.6. The lowest BCUT2D eigenvalue weighted by atomic mass is 9.91. The van der Waals surface area contributed by atoms with Crippen LogP contribution in [0.1, 0.15) is 40.5 Å². The highest BCUT2D eigenvalue weighted by molar-refractivity contribution is 6.11. The molecule has 0 spiro atoms. The molecule has 0 saturated heterocycles. The van der Waals surface area contributed by atoms with Gasteiger partial charge in [0, 0.05) is 56.0 Å². The molecule has 12 rings (SSSR count). The number of aliphatic imine (C=N–C) groups is 1. The maximum atomic E-state index is 6.66. The summed E-state index contributed by atoms with van der Waals surface area (Å²) in [6, 6.07) is 55.7. The maximum Gasteiger partial charge on any atom is 0.143 e. The average molecular weight is 737 g/mol. The van der Waals surface area contributed by atoms with Crippen LogP contribution in [0.3, 0.4) is 0 Å². The van der Waals surface area contributed by atoms with Crippen LogP contribution in [0.15, 0.2) is 196 Å². The van der Waals surface area contributed by atoms with Gasteiger partial charge in [-0.15, -0.1) is 0 Å². The monoisotopic (exact) mass is 736 g/mol. The summed E-state index contributed by atoms with van der Waals surface area (Å²) >= 11 is 0. The number of allylic oxidation sites excluding steroid dienone is 2. The fraction of sp³-hybridized carbons (Fsp3) is 0.0784. The Bertz CT molecular complexity index is 3120. The Morgan fingerprint density at radius 1 is 0.544 bits per heavy atom. The summed E-state index contributed by atoms with van der Waals surface area (Å²) < 4.78 is 13.3. The fourth-order valence-electron chi connectivity index (χ4n) is 9.18. The quantitative estimate of drug-likeness (QED) is 0.184. The summed E-state index contributed by atoms with van der Waals surface area (Å²) in [6.45, 7) is 0. The Kier molecular flexibility index (Phi) is 7.16. The van der Waals surface area contributed by atoms with Gasteiger partial charge in [0.15, 0.2) is 0 Å². The summed E-state index contributed by atoms with van der Waals surface area (Å²) in [5.41, 5.74) is 12.5. The van der Waals surface area contributed by atoms with E-state index in [0.29, 0.717) is 5.92 Å². The highest BCUT2D eigenvalue weighted by Crippen LogP contribution is 2.48. The summed E-state index contributed by atoms with van der Waals surface area (Å²) in [5.74, 6) is 1.19. The molecule has 2 N–H and O–H groups in total. The number of fused-ring (bicyclic) bond motifs is 9. The van der Waals surface area contributed by atoms with Crippen LogP contribution in [-0.2, 0) is 0 Å². The normalized spacial score (nSPS) is 19.9. The van der Waals surface area contributed by atoms with E-state index in [2.05, 4.69) is 173 Å². The van der Waals surface area contributed by atoms with E-state index >= 15 is 0 Å². The topological polar surface area (TPSA) is 65.9 Å². The van der Waals surface area contributed by atoms with E-state index in [4.69, 9.17) is 13.8 Å². The van der Waals surface area contributed by atoms with Gasteiger partial charge >= 0.3 is 0 Å². The highest BCUT2D eigenvalue weighted by Gasteiger charge is 2.37. The van der Waals surface area contributed by atoms with E-state index in [1.165, 1.54) is 11.3 Å². The van der Waals surface area contributed by atoms with E-state index < -0.39 is 0 Å². The van der Waals surface area contributed by atoms with Crippen LogP contribution in [-0.4, -0.2) is 11.9 Å². The highest BCUT2D eigenvalue weighted by atomic mass is 16.3. The molecule has 2 aromatic heterocycles. The maximum absolute atomic E-state index is 6.66. The second-order valence-electron chi connectivity index (χ2n) is 15.1. The van der Waals surface area contributed by atoms with E-state index in [9.17, 15) is 0 Å². The van der Waals surface area contributed by atoms with Gasteiger partial charge in [0.2, 0.25) is 0 Å². The molecule has 1 aliphatic carbocycles. The largest absolute Gasteiger partial charge is 0.456 e. The Morgan fingerprint density at radius 3 is 2.23 bits per heavy atom. The van der Waals surface area contributed by atoms with Gasteiger partial charge in [-0.2, -0.15) is 0 Å². The molecular formula is C51H36N4O2. The van der Waals surface area contributed by atoms with E-state index in [0.717, 1.165) is 83.2 Å². The van der Waals surface area contributed by atoms with Crippen molar-refractivity contribution >= 4 is 61.1 Å². The third-order valence-electron chi connectivity index (χ3n) is 11.9. The number of hydrogen-bond acceptors (Lipinski definition) is 6. The Morgan fingerprint density at radius 2 is 1.33 bits per heavy atom. The van der Waals surface area contributed by atoms with Gasteiger partial charge in [-0.1, -0.05) is 133 Å². The van der Waals surface area contributed by atoms with Crippen LogP contribution in [0.2, 0.25) is 0 Å². The van der Waals surface area contributed by atoms with Crippen LogP contribution in [0, 0.1) is 0 Å². The molecule has 3 aliphatic rings. The van der Waals surface area contributed by atoms with Crippen LogP contribution in [0.25, 0.3) is 55.0 Å². The van der Waals surface area contributed by atoms with Crippen molar-refractivity contribution in [2.24, 2.45) is 4.99 Å². The van der Waals surface area contributed by atoms with Gasteiger partial charge in [-0.25, -0.2) is 4.99 Å². The molecule has 6 heteroatoms. The van der Waals surface area contributed by atoms with Gasteiger partial charge in [0.25, 0.3) is 0 Å². The molecule has 2 aliphatic heterocycles. The second-order valence-corrected chi connectivity index (χ2v) is 15.1. The minimum absolute atomic E-state index is 0.109. The van der Waals surface area contributed by atoms with Crippen LogP contribution >= 0.6 is 0 Å². The van der Waals surface area contributed by atoms with Crippen LogP contribution in [0.5, 0.6) is 0 Å². The fourth-order valence-corrected chi connectivity index (χ4v) is 9.18. The minimum atomic E-state index is -0.266. The molecule has 4 heterocycles. The summed E-state index contributed by atoms with van der Waals surface area (Å²) in [7, 11) is 0. The molecule has 9 aromatic rings. The molecule has 6 nitrogen and oxygen atoms in total. The number of nitrogens with zero attached hydrogens (tertiary/aromatic N) is 2. The van der Waals surface area contributed by atoms with Crippen molar-refractivity contribution in [3.05, 3.63) is 204 Å². The zero-order valence-electron chi connectivity index (χ0n) is 30.8. The number of anilines is 2. The van der Waals surface area contributed by atoms with Crippen LogP contribution < -0.4 is 15.5 Å². The standard InChI is InChI=1S/C51H36N4O2/c1-3-12-31(13-4-1)49-52-50(32-14-5-2-6-15-32)54-51(53-49)34-23-27-45-42(28-34)41-19-11-18-36(48(41)57-45)33-22-25-39-40-26-24-35(30-47(40)56-46(39)29-33)55-43-20-9-7-16-37(43)38-17-8-10-21-44(38)55/h1-30,37,43,49,51,53H,(H,52,54). The molecule has 0 fully saturated rings. The van der Waals surface area contributed by atoms with E-state index in [-0.39, 0.29) is 18.4 Å². The van der Waals surface area contributed by atoms with E-state index in [1.54, 1.807) is 0 Å². The lowest BCUT2D eigenvalue weighted by Crippen LogP contribution is -2.44. The number of amidine groups is 1. The number of hydrogen-bond donors (Lipinski definition) is 2. The molecule has 57 heavy (non-hydrogen) atoms. The smallest absolute Gasteiger partial charge is 0.143 e. The summed E-state index contributed by atoms with van der Waals surface area (Å²) in [4.78, 5) is 7.63. The molecule has 0 bridgehead atoms. The molecule has 0 amide bonds. The van der Waals surface area contributed by atoms with Crippen molar-refractivity contribution in [1.82, 2.24) is 10.6 Å². The lowest BCUT2D eigenvalue weighted by molar-refractivity contribution is 0.409. The lowest BCUT2D eigenvalue weighted by Gasteiger charge is -2.32. The third kappa shape index (κ3) is 5.18. The predicted molar refractivity (Wildman–Crippen MR) is 231 cm³/mol. The van der Waals surface area contributed by atoms with E-state index in [1.807, 2.05) is 24.3 Å². The van der Waals surface area contributed by atoms with Gasteiger partial charge in [-0.3, -0.25) is 5.32 Å². The predicted octanol–water partition coefficient (Wildman–Crippen LogP) is 12.2. The minimum Gasteiger partial charge on any atom is -0.456 e. The second kappa shape index (κ2) is 12.7. The van der Waals surface area contributed by atoms with Crippen molar-refractivity contribution in [2.45, 2.75) is 24.3 Å². The first-order chi connectivity index (χ1) is 28.2. The summed E-state index contributed by atoms with van der Waals surface area (Å²) in [5, 5.41) is 11.7. The SMILES string of the molecule is C1=CC2c3ccccc3N(c3ccc4c(c3)oc3cc(-c5cccc6c5oc5ccc(C7N=C(c8ccccc8)NC(c8ccccc8)N7)cc56)ccc34)C2C=C1. The summed E-state index contributed by atoms with van der Waals surface area (Å²) in [6.07, 6.45) is 8.57. The van der Waals surface area contributed by atoms with Gasteiger partial charge < -0.3 is 19.1 Å². The first kappa shape index (κ1) is 32.1. The van der Waals surface area contributed by atoms with Crippen molar-refractivity contribution in [3.8, 4) is 11.1 Å². The van der Waals surface area contributed by atoms with Crippen molar-refractivity contribution < 1.29 is 8.83 Å². The van der Waals surface area contributed by atoms with Crippen molar-refractivity contribution in [1.29, 1.82) is 0 Å².